The average Bonchev–Trinajstić information content (AvgIpc) is 2.89. The summed E-state index contributed by atoms with van der Waals surface area (Å²) in [4.78, 5) is 0. The number of rotatable bonds is 4. The van der Waals surface area contributed by atoms with Gasteiger partial charge in [-0.15, -0.1) is 16.7 Å². The predicted octanol–water partition coefficient (Wildman–Crippen LogP) is 2.91. The molecule has 1 unspecified atom stereocenters. The SMILES string of the molecule is CCn1nc(C)c(Br)c1Cn1cc(C(C)Cl)nn1. The topological polar surface area (TPSA) is 48.5 Å². The lowest BCUT2D eigenvalue weighted by atomic mass is 10.3. The van der Waals surface area contributed by atoms with Crippen LogP contribution in [-0.2, 0) is 13.1 Å². The smallest absolute Gasteiger partial charge is 0.100 e. The Morgan fingerprint density at radius 2 is 2.22 bits per heavy atom. The first-order valence-corrected chi connectivity index (χ1v) is 7.01. The van der Waals surface area contributed by atoms with Crippen LogP contribution in [0.5, 0.6) is 0 Å². The highest BCUT2D eigenvalue weighted by atomic mass is 79.9. The van der Waals surface area contributed by atoms with Crippen LogP contribution < -0.4 is 0 Å². The molecule has 0 N–H and O–H groups in total. The van der Waals surface area contributed by atoms with E-state index in [4.69, 9.17) is 11.6 Å². The van der Waals surface area contributed by atoms with Crippen LogP contribution in [0.3, 0.4) is 0 Å². The summed E-state index contributed by atoms with van der Waals surface area (Å²) in [6.45, 7) is 7.39. The van der Waals surface area contributed by atoms with Gasteiger partial charge in [0.05, 0.1) is 34.0 Å². The number of aromatic nitrogens is 5. The van der Waals surface area contributed by atoms with Gasteiger partial charge in [-0.2, -0.15) is 5.10 Å². The number of hydrogen-bond acceptors (Lipinski definition) is 3. The molecule has 0 saturated carbocycles. The van der Waals surface area contributed by atoms with Gasteiger partial charge in [-0.05, 0) is 36.7 Å². The normalized spacial score (nSPS) is 12.9. The number of hydrogen-bond donors (Lipinski definition) is 0. The largest absolute Gasteiger partial charge is 0.267 e. The molecule has 0 spiro atoms. The highest BCUT2D eigenvalue weighted by Crippen LogP contribution is 2.22. The third-order valence-corrected chi connectivity index (χ3v) is 3.98. The fourth-order valence-electron chi connectivity index (χ4n) is 1.75. The molecule has 0 aliphatic carbocycles. The zero-order valence-corrected chi connectivity index (χ0v) is 12.9. The third kappa shape index (κ3) is 2.59. The Labute approximate surface area is 119 Å². The molecule has 0 fully saturated rings. The van der Waals surface area contributed by atoms with E-state index in [1.54, 1.807) is 4.68 Å². The van der Waals surface area contributed by atoms with Gasteiger partial charge in [-0.25, -0.2) is 4.68 Å². The fraction of sp³-hybridized carbons (Fsp3) is 0.545. The van der Waals surface area contributed by atoms with E-state index in [0.717, 1.165) is 28.1 Å². The molecule has 0 saturated heterocycles. The van der Waals surface area contributed by atoms with Gasteiger partial charge in [0, 0.05) is 6.54 Å². The molecule has 7 heteroatoms. The lowest BCUT2D eigenvalue weighted by molar-refractivity contribution is 0.563. The lowest BCUT2D eigenvalue weighted by Gasteiger charge is -2.04. The van der Waals surface area contributed by atoms with Crippen LogP contribution in [0.2, 0.25) is 0 Å². The molecular weight excluding hydrogens is 318 g/mol. The van der Waals surface area contributed by atoms with Crippen LogP contribution in [0.15, 0.2) is 10.7 Å². The Bertz CT molecular complexity index is 546. The molecule has 18 heavy (non-hydrogen) atoms. The first kappa shape index (κ1) is 13.5. The number of halogens is 2. The molecule has 1 atom stereocenters. The molecule has 2 aromatic rings. The van der Waals surface area contributed by atoms with Gasteiger partial charge < -0.3 is 0 Å². The maximum absolute atomic E-state index is 5.97. The summed E-state index contributed by atoms with van der Waals surface area (Å²) in [5, 5.41) is 12.4. The Kier molecular flexibility index (Phi) is 4.07. The van der Waals surface area contributed by atoms with E-state index in [1.807, 2.05) is 24.7 Å². The van der Waals surface area contributed by atoms with Crippen molar-refractivity contribution in [3.8, 4) is 0 Å². The van der Waals surface area contributed by atoms with Gasteiger partial charge in [-0.1, -0.05) is 5.21 Å². The van der Waals surface area contributed by atoms with Gasteiger partial charge in [-0.3, -0.25) is 4.68 Å². The van der Waals surface area contributed by atoms with Gasteiger partial charge >= 0.3 is 0 Å². The highest BCUT2D eigenvalue weighted by Gasteiger charge is 2.14. The van der Waals surface area contributed by atoms with Crippen LogP contribution in [-0.4, -0.2) is 24.8 Å². The van der Waals surface area contributed by atoms with E-state index in [1.165, 1.54) is 0 Å². The summed E-state index contributed by atoms with van der Waals surface area (Å²) in [5.41, 5.74) is 2.86. The number of aryl methyl sites for hydroxylation is 2. The molecule has 0 bridgehead atoms. The van der Waals surface area contributed by atoms with Gasteiger partial charge in [0.2, 0.25) is 0 Å². The van der Waals surface area contributed by atoms with E-state index < -0.39 is 0 Å². The van der Waals surface area contributed by atoms with Crippen LogP contribution in [0.4, 0.5) is 0 Å². The molecule has 2 aromatic heterocycles. The molecule has 0 radical (unpaired) electrons. The molecule has 2 rings (SSSR count). The summed E-state index contributed by atoms with van der Waals surface area (Å²) < 4.78 is 4.77. The second kappa shape index (κ2) is 5.40. The van der Waals surface area contributed by atoms with Crippen LogP contribution in [0, 0.1) is 6.92 Å². The van der Waals surface area contributed by atoms with Gasteiger partial charge in [0.15, 0.2) is 0 Å². The summed E-state index contributed by atoms with van der Waals surface area (Å²) in [6.07, 6.45) is 1.87. The van der Waals surface area contributed by atoms with Gasteiger partial charge in [0.25, 0.3) is 0 Å². The number of nitrogens with zero attached hydrogens (tertiary/aromatic N) is 5. The monoisotopic (exact) mass is 331 g/mol. The third-order valence-electron chi connectivity index (χ3n) is 2.73. The van der Waals surface area contributed by atoms with Crippen molar-refractivity contribution in [1.29, 1.82) is 0 Å². The zero-order chi connectivity index (χ0) is 13.3. The van der Waals surface area contributed by atoms with Crippen LogP contribution in [0.1, 0.15) is 36.3 Å². The average molecular weight is 333 g/mol. The highest BCUT2D eigenvalue weighted by molar-refractivity contribution is 9.10. The Balaban J connectivity index is 2.27. The molecule has 98 valence electrons. The van der Waals surface area contributed by atoms with Crippen molar-refractivity contribution < 1.29 is 0 Å². The quantitative estimate of drug-likeness (QED) is 0.809. The first-order valence-electron chi connectivity index (χ1n) is 5.78. The summed E-state index contributed by atoms with van der Waals surface area (Å²) in [5.74, 6) is 0. The van der Waals surface area contributed by atoms with Crippen molar-refractivity contribution in [3.63, 3.8) is 0 Å². The molecular formula is C11H15BrClN5. The molecule has 0 aliphatic heterocycles. The van der Waals surface area contributed by atoms with Crippen molar-refractivity contribution in [2.24, 2.45) is 0 Å². The second-order valence-electron chi connectivity index (χ2n) is 4.12. The van der Waals surface area contributed by atoms with E-state index in [2.05, 4.69) is 38.3 Å². The molecule has 2 heterocycles. The minimum atomic E-state index is -0.125. The molecule has 0 amide bonds. The Morgan fingerprint density at radius 1 is 1.50 bits per heavy atom. The molecule has 0 aromatic carbocycles. The van der Waals surface area contributed by atoms with Crippen LogP contribution >= 0.6 is 27.5 Å². The van der Waals surface area contributed by atoms with Crippen molar-refractivity contribution in [1.82, 2.24) is 24.8 Å². The first-order chi connectivity index (χ1) is 8.52. The molecule has 0 aliphatic rings. The van der Waals surface area contributed by atoms with Crippen molar-refractivity contribution >= 4 is 27.5 Å². The van der Waals surface area contributed by atoms with E-state index in [9.17, 15) is 0 Å². The summed E-state index contributed by atoms with van der Waals surface area (Å²) in [7, 11) is 0. The summed E-state index contributed by atoms with van der Waals surface area (Å²) in [6, 6.07) is 0. The zero-order valence-electron chi connectivity index (χ0n) is 10.6. The lowest BCUT2D eigenvalue weighted by Crippen LogP contribution is -2.09. The minimum absolute atomic E-state index is 0.125. The summed E-state index contributed by atoms with van der Waals surface area (Å²) >= 11 is 9.53. The second-order valence-corrected chi connectivity index (χ2v) is 5.57. The van der Waals surface area contributed by atoms with Crippen molar-refractivity contribution in [3.05, 3.63) is 27.8 Å². The fourth-order valence-corrected chi connectivity index (χ4v) is 2.26. The predicted molar refractivity (Wildman–Crippen MR) is 73.7 cm³/mol. The maximum Gasteiger partial charge on any atom is 0.100 e. The Morgan fingerprint density at radius 3 is 2.78 bits per heavy atom. The van der Waals surface area contributed by atoms with Crippen molar-refractivity contribution in [2.75, 3.05) is 0 Å². The van der Waals surface area contributed by atoms with E-state index in [-0.39, 0.29) is 5.38 Å². The van der Waals surface area contributed by atoms with E-state index in [0.29, 0.717) is 6.54 Å². The molecule has 5 nitrogen and oxygen atoms in total. The van der Waals surface area contributed by atoms with Crippen molar-refractivity contribution in [2.45, 2.75) is 39.2 Å². The maximum atomic E-state index is 5.97. The van der Waals surface area contributed by atoms with Gasteiger partial charge in [0.1, 0.15) is 5.69 Å². The van der Waals surface area contributed by atoms with E-state index >= 15 is 0 Å². The minimum Gasteiger partial charge on any atom is -0.267 e. The van der Waals surface area contributed by atoms with Crippen LogP contribution in [0.25, 0.3) is 0 Å². The standard InChI is InChI=1S/C11H15BrClN5/c1-4-18-10(11(12)8(3)15-18)6-17-5-9(7(2)13)14-16-17/h5,7H,4,6H2,1-3H3. The Hall–Kier alpha value is -0.880. The number of alkyl halides is 1.